The lowest BCUT2D eigenvalue weighted by Gasteiger charge is -2.13. The fraction of sp³-hybridized carbons (Fsp3) is 0.0800. The number of ether oxygens (including phenoxy) is 1. The van der Waals surface area contributed by atoms with E-state index in [1.807, 2.05) is 0 Å². The maximum Gasteiger partial charge on any atom is 0.293 e. The van der Waals surface area contributed by atoms with Gasteiger partial charge in [0.15, 0.2) is 0 Å². The lowest BCUT2D eigenvalue weighted by molar-refractivity contribution is -0.123. The minimum atomic E-state index is -0.453. The van der Waals surface area contributed by atoms with Crippen LogP contribution in [0.3, 0.4) is 0 Å². The maximum atomic E-state index is 14.0. The summed E-state index contributed by atoms with van der Waals surface area (Å²) in [5.41, 5.74) is 1.92. The number of hydrogen-bond acceptors (Lipinski definition) is 5. The van der Waals surface area contributed by atoms with E-state index < -0.39 is 17.0 Å². The van der Waals surface area contributed by atoms with E-state index in [1.54, 1.807) is 60.7 Å². The molecule has 0 aromatic heterocycles. The van der Waals surface area contributed by atoms with Crippen LogP contribution in [0.25, 0.3) is 6.08 Å². The van der Waals surface area contributed by atoms with Crippen molar-refractivity contribution in [3.63, 3.8) is 0 Å². The molecule has 0 saturated carbocycles. The number of hydrogen-bond donors (Lipinski definition) is 0. The number of carbonyl (C=O) groups excluding carboxylic acids is 2. The largest absolute Gasteiger partial charge is 0.489 e. The van der Waals surface area contributed by atoms with Gasteiger partial charge in [0.1, 0.15) is 18.2 Å². The zero-order valence-electron chi connectivity index (χ0n) is 17.1. The van der Waals surface area contributed by atoms with E-state index in [-0.39, 0.29) is 28.6 Å². The summed E-state index contributed by atoms with van der Waals surface area (Å²) < 4.78 is 19.6. The van der Waals surface area contributed by atoms with Crippen LogP contribution in [0.2, 0.25) is 5.02 Å². The Balaban J connectivity index is 1.49. The second-order valence-corrected chi connectivity index (χ2v) is 8.50. The van der Waals surface area contributed by atoms with Gasteiger partial charge in [-0.15, -0.1) is 0 Å². The van der Waals surface area contributed by atoms with Crippen molar-refractivity contribution < 1.29 is 18.7 Å². The van der Waals surface area contributed by atoms with Crippen molar-refractivity contribution >= 4 is 40.6 Å². The lowest BCUT2D eigenvalue weighted by atomic mass is 10.1. The third-order valence-corrected chi connectivity index (χ3v) is 6.20. The molecule has 0 bridgehead atoms. The third-order valence-electron chi connectivity index (χ3n) is 4.94. The topological polar surface area (TPSA) is 70.4 Å². The Morgan fingerprint density at radius 2 is 1.88 bits per heavy atom. The molecular weight excluding hydrogens is 463 g/mol. The standard InChI is InChI=1S/C25H16ClFN2O3S/c26-21-9-4-10-22(27)20(21)15-32-19-8-3-5-16(11-19)12-23-24(30)29(25(31)33-23)14-18-7-2-1-6-17(18)13-28/h1-12H,14-15H2/b23-12+. The van der Waals surface area contributed by atoms with Crippen LogP contribution >= 0.6 is 23.4 Å². The molecule has 8 heteroatoms. The summed E-state index contributed by atoms with van der Waals surface area (Å²) in [6, 6.07) is 20.2. The van der Waals surface area contributed by atoms with Crippen molar-refractivity contribution in [3.05, 3.63) is 105 Å². The molecule has 3 aromatic rings. The summed E-state index contributed by atoms with van der Waals surface area (Å²) >= 11 is 6.87. The third kappa shape index (κ3) is 5.08. The molecule has 33 heavy (non-hydrogen) atoms. The number of rotatable bonds is 6. The molecule has 3 aromatic carbocycles. The van der Waals surface area contributed by atoms with E-state index in [0.29, 0.717) is 22.4 Å². The van der Waals surface area contributed by atoms with Crippen molar-refractivity contribution in [1.82, 2.24) is 4.90 Å². The highest BCUT2D eigenvalue weighted by molar-refractivity contribution is 8.18. The van der Waals surface area contributed by atoms with Crippen LogP contribution < -0.4 is 4.74 Å². The van der Waals surface area contributed by atoms with E-state index in [9.17, 15) is 19.2 Å². The molecule has 0 atom stereocenters. The van der Waals surface area contributed by atoms with Gasteiger partial charge in [-0.1, -0.05) is 48.0 Å². The number of nitrogens with zero attached hydrogens (tertiary/aromatic N) is 2. The number of imide groups is 1. The van der Waals surface area contributed by atoms with Crippen molar-refractivity contribution in [2.24, 2.45) is 0 Å². The van der Waals surface area contributed by atoms with Gasteiger partial charge < -0.3 is 4.74 Å². The fourth-order valence-corrected chi connectivity index (χ4v) is 4.30. The average molecular weight is 479 g/mol. The predicted molar refractivity (Wildman–Crippen MR) is 125 cm³/mol. The molecule has 1 saturated heterocycles. The monoisotopic (exact) mass is 478 g/mol. The highest BCUT2D eigenvalue weighted by Crippen LogP contribution is 2.34. The van der Waals surface area contributed by atoms with E-state index in [4.69, 9.17) is 16.3 Å². The number of thioether (sulfide) groups is 1. The molecule has 0 N–H and O–H groups in total. The Kier molecular flexibility index (Phi) is 6.78. The van der Waals surface area contributed by atoms with Gasteiger partial charge in [0, 0.05) is 5.56 Å². The molecule has 1 aliphatic heterocycles. The Labute approximate surface area is 199 Å². The summed E-state index contributed by atoms with van der Waals surface area (Å²) in [4.78, 5) is 26.7. The molecule has 1 heterocycles. The molecule has 2 amide bonds. The average Bonchev–Trinajstić information content (AvgIpc) is 3.06. The molecular formula is C25H16ClFN2O3S. The number of halogens is 2. The second-order valence-electron chi connectivity index (χ2n) is 7.10. The first-order chi connectivity index (χ1) is 16.0. The van der Waals surface area contributed by atoms with Gasteiger partial charge >= 0.3 is 0 Å². The highest BCUT2D eigenvalue weighted by atomic mass is 35.5. The summed E-state index contributed by atoms with van der Waals surface area (Å²) in [6.45, 7) is -0.0257. The molecule has 0 spiro atoms. The van der Waals surface area contributed by atoms with E-state index in [1.165, 1.54) is 12.1 Å². The zero-order valence-corrected chi connectivity index (χ0v) is 18.7. The van der Waals surface area contributed by atoms with Crippen LogP contribution in [-0.4, -0.2) is 16.0 Å². The summed E-state index contributed by atoms with van der Waals surface area (Å²) in [7, 11) is 0. The fourth-order valence-electron chi connectivity index (χ4n) is 3.25. The van der Waals surface area contributed by atoms with Crippen molar-refractivity contribution in [1.29, 1.82) is 5.26 Å². The van der Waals surface area contributed by atoms with Crippen molar-refractivity contribution in [2.45, 2.75) is 13.2 Å². The first-order valence-electron chi connectivity index (χ1n) is 9.85. The molecule has 5 nitrogen and oxygen atoms in total. The molecule has 1 aliphatic rings. The Bertz CT molecular complexity index is 1300. The minimum absolute atomic E-state index is 0.0261. The van der Waals surface area contributed by atoms with Gasteiger partial charge in [0.25, 0.3) is 11.1 Å². The molecule has 0 radical (unpaired) electrons. The summed E-state index contributed by atoms with van der Waals surface area (Å²) in [6.07, 6.45) is 1.60. The van der Waals surface area contributed by atoms with Gasteiger partial charge in [-0.25, -0.2) is 4.39 Å². The highest BCUT2D eigenvalue weighted by Gasteiger charge is 2.35. The molecule has 4 rings (SSSR count). The summed E-state index contributed by atoms with van der Waals surface area (Å²) in [5, 5.41) is 9.12. The Morgan fingerprint density at radius 3 is 2.67 bits per heavy atom. The predicted octanol–water partition coefficient (Wildman–Crippen LogP) is 6.17. The van der Waals surface area contributed by atoms with Crippen LogP contribution in [0, 0.1) is 17.1 Å². The van der Waals surface area contributed by atoms with Gasteiger partial charge in [-0.3, -0.25) is 14.5 Å². The Hall–Kier alpha value is -3.60. The number of benzene rings is 3. The van der Waals surface area contributed by atoms with Crippen LogP contribution in [0.5, 0.6) is 5.75 Å². The van der Waals surface area contributed by atoms with E-state index >= 15 is 0 Å². The van der Waals surface area contributed by atoms with E-state index in [2.05, 4.69) is 6.07 Å². The number of carbonyl (C=O) groups is 2. The SMILES string of the molecule is N#Cc1ccccc1CN1C(=O)S/C(=C/c2cccc(OCc3c(F)cccc3Cl)c2)C1=O. The summed E-state index contributed by atoms with van der Waals surface area (Å²) in [5.74, 6) is -0.419. The van der Waals surface area contributed by atoms with Crippen LogP contribution in [-0.2, 0) is 17.9 Å². The normalized spacial score (nSPS) is 14.6. The Morgan fingerprint density at radius 1 is 1.09 bits per heavy atom. The smallest absolute Gasteiger partial charge is 0.293 e. The molecule has 0 unspecified atom stereocenters. The van der Waals surface area contributed by atoms with Crippen LogP contribution in [0.4, 0.5) is 9.18 Å². The van der Waals surface area contributed by atoms with Crippen LogP contribution in [0.15, 0.2) is 71.6 Å². The lowest BCUT2D eigenvalue weighted by Crippen LogP contribution is -2.27. The van der Waals surface area contributed by atoms with Gasteiger partial charge in [-0.05, 0) is 59.3 Å². The van der Waals surface area contributed by atoms with Gasteiger partial charge in [0.2, 0.25) is 0 Å². The second kappa shape index (κ2) is 9.90. The van der Waals surface area contributed by atoms with E-state index in [0.717, 1.165) is 16.7 Å². The number of nitriles is 1. The number of amides is 2. The zero-order chi connectivity index (χ0) is 23.4. The first kappa shape index (κ1) is 22.6. The van der Waals surface area contributed by atoms with Crippen molar-refractivity contribution in [2.75, 3.05) is 0 Å². The minimum Gasteiger partial charge on any atom is -0.489 e. The van der Waals surface area contributed by atoms with Gasteiger partial charge in [-0.2, -0.15) is 5.26 Å². The molecule has 164 valence electrons. The van der Waals surface area contributed by atoms with Crippen molar-refractivity contribution in [3.8, 4) is 11.8 Å². The van der Waals surface area contributed by atoms with Crippen LogP contribution in [0.1, 0.15) is 22.3 Å². The first-order valence-corrected chi connectivity index (χ1v) is 11.0. The molecule has 1 fully saturated rings. The molecule has 0 aliphatic carbocycles. The quantitative estimate of drug-likeness (QED) is 0.396. The maximum absolute atomic E-state index is 14.0. The van der Waals surface area contributed by atoms with Gasteiger partial charge in [0.05, 0.1) is 28.1 Å².